The number of carbonyl (C=O) groups is 2. The van der Waals surface area contributed by atoms with Gasteiger partial charge in [0.05, 0.1) is 6.42 Å². The zero-order valence-corrected chi connectivity index (χ0v) is 14.4. The molecule has 1 saturated heterocycles. The molecule has 0 unspecified atom stereocenters. The van der Waals surface area contributed by atoms with Gasteiger partial charge in [0.2, 0.25) is 5.91 Å². The number of pyridine rings is 1. The van der Waals surface area contributed by atoms with E-state index in [0.717, 1.165) is 16.7 Å². The van der Waals surface area contributed by atoms with E-state index in [-0.39, 0.29) is 18.2 Å². The second kappa shape index (κ2) is 6.23. The predicted molar refractivity (Wildman–Crippen MR) is 99.7 cm³/mol. The fraction of sp³-hybridized carbons (Fsp3) is 0.136. The molecule has 2 amide bonds. The van der Waals surface area contributed by atoms with Crippen molar-refractivity contribution in [3.05, 3.63) is 95.7 Å². The molecule has 0 radical (unpaired) electrons. The van der Waals surface area contributed by atoms with E-state index in [1.807, 2.05) is 73.7 Å². The first-order valence-electron chi connectivity index (χ1n) is 8.54. The molecule has 4 nitrogen and oxygen atoms in total. The Bertz CT molecular complexity index is 928. The molecular weight excluding hydrogens is 324 g/mol. The summed E-state index contributed by atoms with van der Waals surface area (Å²) in [6.45, 7) is 1.86. The number of aromatic nitrogens is 1. The normalized spacial score (nSPS) is 16.1. The number of hydrogen-bond acceptors (Lipinski definition) is 3. The van der Waals surface area contributed by atoms with Gasteiger partial charge < -0.3 is 0 Å². The summed E-state index contributed by atoms with van der Waals surface area (Å²) in [5, 5.41) is 0. The molecule has 1 aliphatic rings. The van der Waals surface area contributed by atoms with E-state index in [0.29, 0.717) is 5.82 Å². The van der Waals surface area contributed by atoms with Crippen LogP contribution in [0.15, 0.2) is 79.0 Å². The number of rotatable bonds is 3. The van der Waals surface area contributed by atoms with Gasteiger partial charge >= 0.3 is 0 Å². The van der Waals surface area contributed by atoms with Crippen molar-refractivity contribution < 1.29 is 9.59 Å². The van der Waals surface area contributed by atoms with Gasteiger partial charge in [-0.15, -0.1) is 0 Å². The maximum absolute atomic E-state index is 13.7. The van der Waals surface area contributed by atoms with Crippen LogP contribution in [0.3, 0.4) is 0 Å². The van der Waals surface area contributed by atoms with Crippen molar-refractivity contribution in [1.29, 1.82) is 0 Å². The van der Waals surface area contributed by atoms with E-state index in [9.17, 15) is 9.59 Å². The molecule has 0 spiro atoms. The van der Waals surface area contributed by atoms with Crippen LogP contribution in [0.4, 0.5) is 5.82 Å². The summed E-state index contributed by atoms with van der Waals surface area (Å²) in [6.07, 6.45) is 1.70. The molecule has 0 saturated carbocycles. The lowest BCUT2D eigenvalue weighted by atomic mass is 9.73. The van der Waals surface area contributed by atoms with Gasteiger partial charge in [-0.1, -0.05) is 66.7 Å². The molecule has 0 atom stereocenters. The molecule has 0 N–H and O–H groups in total. The van der Waals surface area contributed by atoms with E-state index in [1.165, 1.54) is 4.90 Å². The van der Waals surface area contributed by atoms with Crippen LogP contribution in [-0.2, 0) is 15.0 Å². The standard InChI is InChI=1S/C22H18N2O2/c1-16-9-8-14-23-20(16)24-19(25)15-22(21(24)26,17-10-4-2-5-11-17)18-12-6-3-7-13-18/h2-14H,15H2,1H3. The number of amides is 2. The maximum atomic E-state index is 13.7. The smallest absolute Gasteiger partial charge is 0.250 e. The van der Waals surface area contributed by atoms with Crippen molar-refractivity contribution in [3.8, 4) is 0 Å². The van der Waals surface area contributed by atoms with Crippen molar-refractivity contribution >= 4 is 17.6 Å². The summed E-state index contributed by atoms with van der Waals surface area (Å²) in [5.41, 5.74) is 1.41. The molecule has 128 valence electrons. The minimum absolute atomic E-state index is 0.0931. The minimum Gasteiger partial charge on any atom is -0.274 e. The molecule has 1 aromatic heterocycles. The zero-order chi connectivity index (χ0) is 18.1. The van der Waals surface area contributed by atoms with Crippen LogP contribution in [0.2, 0.25) is 0 Å². The first kappa shape index (κ1) is 16.2. The summed E-state index contributed by atoms with van der Waals surface area (Å²) >= 11 is 0. The highest BCUT2D eigenvalue weighted by atomic mass is 16.2. The average Bonchev–Trinajstić information content (AvgIpc) is 2.95. The molecule has 2 aromatic carbocycles. The lowest BCUT2D eigenvalue weighted by Crippen LogP contribution is -2.40. The molecule has 0 bridgehead atoms. The molecule has 1 fully saturated rings. The number of carbonyl (C=O) groups excluding carboxylic acids is 2. The SMILES string of the molecule is Cc1cccnc1N1C(=O)CC(c2ccccc2)(c2ccccc2)C1=O. The van der Waals surface area contributed by atoms with Gasteiger partial charge in [0.1, 0.15) is 11.2 Å². The fourth-order valence-corrected chi connectivity index (χ4v) is 3.67. The summed E-state index contributed by atoms with van der Waals surface area (Å²) < 4.78 is 0. The second-order valence-corrected chi connectivity index (χ2v) is 6.49. The van der Waals surface area contributed by atoms with Crippen molar-refractivity contribution in [1.82, 2.24) is 4.98 Å². The summed E-state index contributed by atoms with van der Waals surface area (Å²) in [6, 6.07) is 22.7. The van der Waals surface area contributed by atoms with E-state index >= 15 is 0 Å². The van der Waals surface area contributed by atoms with Crippen LogP contribution >= 0.6 is 0 Å². The topological polar surface area (TPSA) is 50.3 Å². The monoisotopic (exact) mass is 342 g/mol. The Morgan fingerprint density at radius 2 is 1.42 bits per heavy atom. The number of hydrogen-bond donors (Lipinski definition) is 0. The fourth-order valence-electron chi connectivity index (χ4n) is 3.67. The molecule has 4 heteroatoms. The quantitative estimate of drug-likeness (QED) is 0.683. The second-order valence-electron chi connectivity index (χ2n) is 6.49. The lowest BCUT2D eigenvalue weighted by Gasteiger charge is -2.28. The summed E-state index contributed by atoms with van der Waals surface area (Å²) in [5.74, 6) is -0.0672. The van der Waals surface area contributed by atoms with Gasteiger partial charge in [-0.25, -0.2) is 9.88 Å². The third-order valence-electron chi connectivity index (χ3n) is 4.96. The van der Waals surface area contributed by atoms with Crippen LogP contribution in [0, 0.1) is 6.92 Å². The lowest BCUT2D eigenvalue weighted by molar-refractivity contribution is -0.122. The number of anilines is 1. The predicted octanol–water partition coefficient (Wildman–Crippen LogP) is 3.64. The van der Waals surface area contributed by atoms with Crippen LogP contribution in [0.1, 0.15) is 23.1 Å². The van der Waals surface area contributed by atoms with Gasteiger partial charge in [-0.3, -0.25) is 9.59 Å². The Morgan fingerprint density at radius 1 is 0.846 bits per heavy atom. The molecule has 2 heterocycles. The van der Waals surface area contributed by atoms with Gasteiger partial charge in [0.15, 0.2) is 0 Å². The largest absolute Gasteiger partial charge is 0.274 e. The summed E-state index contributed by atoms with van der Waals surface area (Å²) in [7, 11) is 0. The number of aryl methyl sites for hydroxylation is 1. The number of imide groups is 1. The average molecular weight is 342 g/mol. The Balaban J connectivity index is 1.93. The van der Waals surface area contributed by atoms with Crippen LogP contribution in [-0.4, -0.2) is 16.8 Å². The number of benzene rings is 2. The minimum atomic E-state index is -1.02. The van der Waals surface area contributed by atoms with E-state index < -0.39 is 5.41 Å². The third-order valence-corrected chi connectivity index (χ3v) is 4.96. The molecular formula is C22H18N2O2. The maximum Gasteiger partial charge on any atom is 0.250 e. The highest BCUT2D eigenvalue weighted by molar-refractivity contribution is 6.25. The Morgan fingerprint density at radius 3 is 1.96 bits per heavy atom. The van der Waals surface area contributed by atoms with Crippen LogP contribution in [0.25, 0.3) is 0 Å². The van der Waals surface area contributed by atoms with E-state index in [2.05, 4.69) is 4.98 Å². The summed E-state index contributed by atoms with van der Waals surface area (Å²) in [4.78, 5) is 32.2. The highest BCUT2D eigenvalue weighted by Gasteiger charge is 2.54. The molecule has 0 aliphatic carbocycles. The van der Waals surface area contributed by atoms with Crippen LogP contribution in [0.5, 0.6) is 0 Å². The Kier molecular flexibility index (Phi) is 3.88. The van der Waals surface area contributed by atoms with Gasteiger partial charge in [0, 0.05) is 6.20 Å². The highest BCUT2D eigenvalue weighted by Crippen LogP contribution is 2.44. The third kappa shape index (κ3) is 2.34. The molecule has 3 aromatic rings. The van der Waals surface area contributed by atoms with Crippen LogP contribution < -0.4 is 4.90 Å². The Labute approximate surface area is 152 Å². The van der Waals surface area contributed by atoms with Crippen molar-refractivity contribution in [2.45, 2.75) is 18.8 Å². The van der Waals surface area contributed by atoms with Crippen molar-refractivity contribution in [2.75, 3.05) is 4.90 Å². The molecule has 1 aliphatic heterocycles. The first-order valence-corrected chi connectivity index (χ1v) is 8.54. The van der Waals surface area contributed by atoms with Crippen molar-refractivity contribution in [2.24, 2.45) is 0 Å². The van der Waals surface area contributed by atoms with Gasteiger partial charge in [-0.2, -0.15) is 0 Å². The van der Waals surface area contributed by atoms with Crippen molar-refractivity contribution in [3.63, 3.8) is 0 Å². The first-order chi connectivity index (χ1) is 12.6. The zero-order valence-electron chi connectivity index (χ0n) is 14.4. The Hall–Kier alpha value is -3.27. The van der Waals surface area contributed by atoms with E-state index in [4.69, 9.17) is 0 Å². The molecule has 26 heavy (non-hydrogen) atoms. The van der Waals surface area contributed by atoms with Gasteiger partial charge in [-0.05, 0) is 29.7 Å². The van der Waals surface area contributed by atoms with E-state index in [1.54, 1.807) is 12.3 Å². The number of nitrogens with zero attached hydrogens (tertiary/aromatic N) is 2. The molecule has 4 rings (SSSR count). The van der Waals surface area contributed by atoms with Gasteiger partial charge in [0.25, 0.3) is 5.91 Å².